The van der Waals surface area contributed by atoms with Crippen molar-refractivity contribution in [3.05, 3.63) is 76.7 Å². The fraction of sp³-hybridized carbons (Fsp3) is 0.486. The number of aryl methyl sites for hydroxylation is 1. The summed E-state index contributed by atoms with van der Waals surface area (Å²) in [7, 11) is 1.54. The largest absolute Gasteiger partial charge is 1.00 e. The van der Waals surface area contributed by atoms with Gasteiger partial charge in [0.1, 0.15) is 17.7 Å². The molecule has 3 aliphatic rings. The number of hydrogen-bond donors (Lipinski definition) is 0. The molecular weight excluding hydrogens is 554 g/mol. The molecule has 4 atom stereocenters. The Morgan fingerprint density at radius 3 is 2.67 bits per heavy atom. The van der Waals surface area contributed by atoms with Crippen molar-refractivity contribution >= 4 is 5.97 Å². The monoisotopic (exact) mass is 594 g/mol. The van der Waals surface area contributed by atoms with Crippen molar-refractivity contribution in [2.45, 2.75) is 83.4 Å². The molecule has 2 unspecified atom stereocenters. The summed E-state index contributed by atoms with van der Waals surface area (Å²) >= 11 is 0. The van der Waals surface area contributed by atoms with Crippen LogP contribution in [0.1, 0.15) is 86.6 Å². The molecule has 43 heavy (non-hydrogen) atoms. The van der Waals surface area contributed by atoms with Gasteiger partial charge >= 0.3 is 29.6 Å². The third kappa shape index (κ3) is 6.80. The van der Waals surface area contributed by atoms with Gasteiger partial charge in [0, 0.05) is 36.1 Å². The van der Waals surface area contributed by atoms with E-state index in [0.29, 0.717) is 23.4 Å². The number of methoxy groups -OCH3 is 1. The standard InChI is InChI=1S/C35H41FN2O4.Na/c1-4-27-6-5-15-38(27)20-26-16-24(11-13-28(26)29-18-33(41-3)37-19-30(29)36)31-14-12-22-7-10-25(17-32(22)42-31)34(23-8-9-23)21(2)35(39)40;/h7,10-11,13,16-19,21,23,27,31,34H,4-6,8-9,12,14-15,20H2,1-3H3,(H,39,40);/q;+1/p-1/t21-,27?,31?,34-;/m0./s1. The average molecular weight is 595 g/mol. The van der Waals surface area contributed by atoms with Gasteiger partial charge in [-0.25, -0.2) is 9.37 Å². The Morgan fingerprint density at radius 1 is 1.14 bits per heavy atom. The van der Waals surface area contributed by atoms with Gasteiger partial charge in [0.15, 0.2) is 0 Å². The van der Waals surface area contributed by atoms with Gasteiger partial charge in [-0.15, -0.1) is 0 Å². The van der Waals surface area contributed by atoms with Crippen LogP contribution in [-0.2, 0) is 17.8 Å². The van der Waals surface area contributed by atoms with E-state index in [0.717, 1.165) is 78.8 Å². The summed E-state index contributed by atoms with van der Waals surface area (Å²) in [5.41, 5.74) is 5.65. The minimum absolute atomic E-state index is 0. The number of carboxylic acids is 1. The Bertz CT molecular complexity index is 1460. The van der Waals surface area contributed by atoms with Crippen LogP contribution in [-0.4, -0.2) is 35.5 Å². The number of ether oxygens (including phenoxy) is 2. The Balaban J connectivity index is 0.00000368. The molecule has 6 nitrogen and oxygen atoms in total. The number of aromatic nitrogens is 1. The fourth-order valence-electron chi connectivity index (χ4n) is 7.13. The first-order chi connectivity index (χ1) is 20.4. The van der Waals surface area contributed by atoms with Crippen molar-refractivity contribution < 1.29 is 53.3 Å². The van der Waals surface area contributed by atoms with Gasteiger partial charge < -0.3 is 19.4 Å². The number of rotatable bonds is 10. The van der Waals surface area contributed by atoms with Gasteiger partial charge in [-0.3, -0.25) is 4.90 Å². The summed E-state index contributed by atoms with van der Waals surface area (Å²) in [5, 5.41) is 11.8. The Morgan fingerprint density at radius 2 is 1.95 bits per heavy atom. The van der Waals surface area contributed by atoms with E-state index in [4.69, 9.17) is 9.47 Å². The Hall–Kier alpha value is -2.45. The third-order valence-electron chi connectivity index (χ3n) is 9.64. The van der Waals surface area contributed by atoms with Crippen molar-refractivity contribution in [3.63, 3.8) is 0 Å². The van der Waals surface area contributed by atoms with Crippen molar-refractivity contribution in [2.75, 3.05) is 13.7 Å². The van der Waals surface area contributed by atoms with E-state index in [2.05, 4.69) is 47.1 Å². The third-order valence-corrected chi connectivity index (χ3v) is 9.64. The molecule has 1 saturated heterocycles. The normalized spacial score (nSPS) is 21.3. The molecule has 6 rings (SSSR count). The molecule has 0 spiro atoms. The van der Waals surface area contributed by atoms with E-state index in [-0.39, 0.29) is 47.4 Å². The van der Waals surface area contributed by atoms with E-state index in [1.54, 1.807) is 20.1 Å². The van der Waals surface area contributed by atoms with Gasteiger partial charge in [0.05, 0.1) is 13.3 Å². The van der Waals surface area contributed by atoms with Gasteiger partial charge in [-0.05, 0) is 97.2 Å². The summed E-state index contributed by atoms with van der Waals surface area (Å²) < 4.78 is 27.1. The smallest absolute Gasteiger partial charge is 0.550 e. The van der Waals surface area contributed by atoms with Crippen molar-refractivity contribution in [2.24, 2.45) is 11.8 Å². The number of fused-ring (bicyclic) bond motifs is 1. The molecule has 222 valence electrons. The summed E-state index contributed by atoms with van der Waals surface area (Å²) in [6.45, 7) is 5.77. The number of halogens is 1. The number of benzene rings is 2. The van der Waals surface area contributed by atoms with Crippen LogP contribution in [0.3, 0.4) is 0 Å². The van der Waals surface area contributed by atoms with E-state index < -0.39 is 11.9 Å². The van der Waals surface area contributed by atoms with Crippen LogP contribution in [0.15, 0.2) is 48.7 Å². The molecule has 2 aliphatic heterocycles. The minimum Gasteiger partial charge on any atom is -0.550 e. The topological polar surface area (TPSA) is 74.7 Å². The summed E-state index contributed by atoms with van der Waals surface area (Å²) in [6, 6.07) is 14.7. The number of nitrogens with zero attached hydrogens (tertiary/aromatic N) is 2. The zero-order valence-corrected chi connectivity index (χ0v) is 27.8. The maximum atomic E-state index is 15.1. The molecular formula is C35H40FN2NaO4. The van der Waals surface area contributed by atoms with Crippen LogP contribution < -0.4 is 44.1 Å². The first-order valence-electron chi connectivity index (χ1n) is 15.4. The van der Waals surface area contributed by atoms with Gasteiger partial charge in [0.25, 0.3) is 0 Å². The van der Waals surface area contributed by atoms with E-state index in [1.165, 1.54) is 19.0 Å². The molecule has 0 bridgehead atoms. The zero-order chi connectivity index (χ0) is 29.4. The average Bonchev–Trinajstić information content (AvgIpc) is 3.74. The molecule has 0 radical (unpaired) electrons. The summed E-state index contributed by atoms with van der Waals surface area (Å²) in [4.78, 5) is 18.3. The summed E-state index contributed by atoms with van der Waals surface area (Å²) in [6.07, 6.45) is 8.36. The quantitative estimate of drug-likeness (QED) is 0.336. The van der Waals surface area contributed by atoms with Gasteiger partial charge in [-0.1, -0.05) is 44.2 Å². The maximum absolute atomic E-state index is 15.1. The molecule has 1 aliphatic carbocycles. The Labute approximate surface area is 276 Å². The number of likely N-dealkylation sites (tertiary alicyclic amines) is 1. The molecule has 0 N–H and O–H groups in total. The zero-order valence-electron chi connectivity index (χ0n) is 25.8. The molecule has 1 saturated carbocycles. The van der Waals surface area contributed by atoms with Crippen molar-refractivity contribution in [3.8, 4) is 22.8 Å². The van der Waals surface area contributed by atoms with E-state index in [1.807, 2.05) is 6.07 Å². The molecule has 3 aromatic rings. The number of carbonyl (C=O) groups excluding carboxylic acids is 1. The molecule has 1 aromatic heterocycles. The minimum atomic E-state index is -0.998. The maximum Gasteiger partial charge on any atom is 1.00 e. The van der Waals surface area contributed by atoms with Crippen LogP contribution in [0, 0.1) is 17.7 Å². The van der Waals surface area contributed by atoms with E-state index >= 15 is 4.39 Å². The first-order valence-corrected chi connectivity index (χ1v) is 15.4. The van der Waals surface area contributed by atoms with Crippen LogP contribution in [0.5, 0.6) is 11.6 Å². The van der Waals surface area contributed by atoms with Crippen molar-refractivity contribution in [1.82, 2.24) is 9.88 Å². The number of pyridine rings is 1. The molecule has 3 heterocycles. The number of carboxylic acid groups (broad SMARTS) is 1. The van der Waals surface area contributed by atoms with Crippen LogP contribution in [0.25, 0.3) is 11.1 Å². The second kappa shape index (κ2) is 13.7. The van der Waals surface area contributed by atoms with Gasteiger partial charge in [0.2, 0.25) is 5.88 Å². The number of hydrogen-bond acceptors (Lipinski definition) is 6. The number of carbonyl (C=O) groups is 1. The van der Waals surface area contributed by atoms with Crippen LogP contribution in [0.2, 0.25) is 0 Å². The SMILES string of the molecule is CCC1CCCN1Cc1cc(C2CCc3ccc([C@H](C4CC4)[C@H](C)C(=O)[O-])cc3O2)ccc1-c1cc(OC)ncc1F.[Na+]. The second-order valence-electron chi connectivity index (χ2n) is 12.3. The van der Waals surface area contributed by atoms with Crippen LogP contribution >= 0.6 is 0 Å². The Kier molecular flexibility index (Phi) is 10.2. The second-order valence-corrected chi connectivity index (χ2v) is 12.3. The predicted octanol–water partition coefficient (Wildman–Crippen LogP) is 3.22. The van der Waals surface area contributed by atoms with Crippen molar-refractivity contribution in [1.29, 1.82) is 0 Å². The fourth-order valence-corrected chi connectivity index (χ4v) is 7.13. The number of aliphatic carboxylic acids is 1. The van der Waals surface area contributed by atoms with Gasteiger partial charge in [-0.2, -0.15) is 0 Å². The van der Waals surface area contributed by atoms with E-state index in [9.17, 15) is 9.90 Å². The molecule has 2 aromatic carbocycles. The molecule has 0 amide bonds. The molecule has 8 heteroatoms. The first kappa shape index (κ1) is 32.0. The predicted molar refractivity (Wildman–Crippen MR) is 158 cm³/mol. The van der Waals surface area contributed by atoms with Crippen LogP contribution in [0.4, 0.5) is 4.39 Å². The summed E-state index contributed by atoms with van der Waals surface area (Å²) in [5.74, 6) is -0.373. The molecule has 2 fully saturated rings.